The quantitative estimate of drug-likeness (QED) is 0.736. The second kappa shape index (κ2) is 6.14. The van der Waals surface area contributed by atoms with E-state index in [4.69, 9.17) is 0 Å². The molecule has 0 saturated carbocycles. The Labute approximate surface area is 106 Å². The summed E-state index contributed by atoms with van der Waals surface area (Å²) < 4.78 is 0. The summed E-state index contributed by atoms with van der Waals surface area (Å²) in [6.45, 7) is 8.54. The fourth-order valence-corrected chi connectivity index (χ4v) is 3.08. The summed E-state index contributed by atoms with van der Waals surface area (Å²) in [7, 11) is 6.61. The van der Waals surface area contributed by atoms with E-state index >= 15 is 0 Å². The Balaban J connectivity index is 1.96. The van der Waals surface area contributed by atoms with Gasteiger partial charge in [0, 0.05) is 38.8 Å². The highest BCUT2D eigenvalue weighted by Gasteiger charge is 2.32. The van der Waals surface area contributed by atoms with Crippen molar-refractivity contribution >= 4 is 0 Å². The minimum Gasteiger partial charge on any atom is -0.315 e. The number of hydrogen-bond donors (Lipinski definition) is 1. The van der Waals surface area contributed by atoms with Crippen molar-refractivity contribution in [2.75, 3.05) is 67.0 Å². The van der Waals surface area contributed by atoms with E-state index in [1.54, 1.807) is 0 Å². The van der Waals surface area contributed by atoms with Crippen LogP contribution >= 0.6 is 0 Å². The van der Waals surface area contributed by atoms with Crippen LogP contribution in [0.3, 0.4) is 0 Å². The highest BCUT2D eigenvalue weighted by Crippen LogP contribution is 2.21. The summed E-state index contributed by atoms with van der Waals surface area (Å²) >= 11 is 0. The topological polar surface area (TPSA) is 21.8 Å². The minimum atomic E-state index is 0.767. The number of nitrogens with one attached hydrogen (secondary N) is 1. The van der Waals surface area contributed by atoms with Gasteiger partial charge in [-0.1, -0.05) is 0 Å². The molecule has 0 spiro atoms. The maximum Gasteiger partial charge on any atom is 0.0264 e. The summed E-state index contributed by atoms with van der Waals surface area (Å²) in [5.74, 6) is 0.808. The van der Waals surface area contributed by atoms with E-state index in [9.17, 15) is 0 Å². The van der Waals surface area contributed by atoms with E-state index in [0.717, 1.165) is 12.0 Å². The molecule has 2 fully saturated rings. The molecule has 4 nitrogen and oxygen atoms in total. The first kappa shape index (κ1) is 13.3. The van der Waals surface area contributed by atoms with Crippen molar-refractivity contribution in [1.82, 2.24) is 20.0 Å². The Kier molecular flexibility index (Phi) is 4.79. The van der Waals surface area contributed by atoms with Gasteiger partial charge in [-0.25, -0.2) is 0 Å². The van der Waals surface area contributed by atoms with Crippen LogP contribution < -0.4 is 5.32 Å². The normalized spacial score (nSPS) is 32.5. The van der Waals surface area contributed by atoms with Crippen LogP contribution in [0.1, 0.15) is 6.42 Å². The maximum atomic E-state index is 3.61. The average molecular weight is 240 g/mol. The van der Waals surface area contributed by atoms with Crippen molar-refractivity contribution in [2.24, 2.45) is 5.92 Å². The molecule has 0 aliphatic carbocycles. The van der Waals surface area contributed by atoms with Gasteiger partial charge in [0.25, 0.3) is 0 Å². The van der Waals surface area contributed by atoms with Crippen molar-refractivity contribution < 1.29 is 0 Å². The second-order valence-electron chi connectivity index (χ2n) is 5.92. The molecule has 4 heteroatoms. The molecule has 2 saturated heterocycles. The molecular formula is C13H28N4. The Morgan fingerprint density at radius 3 is 2.82 bits per heavy atom. The molecule has 17 heavy (non-hydrogen) atoms. The van der Waals surface area contributed by atoms with E-state index in [1.165, 1.54) is 52.2 Å². The number of piperazine rings is 1. The molecule has 0 amide bonds. The zero-order valence-electron chi connectivity index (χ0n) is 11.7. The predicted molar refractivity (Wildman–Crippen MR) is 72.4 cm³/mol. The molecule has 0 aromatic carbocycles. The van der Waals surface area contributed by atoms with Gasteiger partial charge in [0.1, 0.15) is 0 Å². The lowest BCUT2D eigenvalue weighted by Gasteiger charge is -2.42. The van der Waals surface area contributed by atoms with Gasteiger partial charge in [0.2, 0.25) is 0 Å². The van der Waals surface area contributed by atoms with Crippen LogP contribution in [0.5, 0.6) is 0 Å². The van der Waals surface area contributed by atoms with E-state index in [0.29, 0.717) is 0 Å². The van der Waals surface area contributed by atoms with E-state index in [-0.39, 0.29) is 0 Å². The number of hydrogen-bond acceptors (Lipinski definition) is 4. The van der Waals surface area contributed by atoms with Crippen molar-refractivity contribution in [3.63, 3.8) is 0 Å². The summed E-state index contributed by atoms with van der Waals surface area (Å²) in [6.07, 6.45) is 1.31. The lowest BCUT2D eigenvalue weighted by molar-refractivity contribution is 0.0629. The molecular weight excluding hydrogens is 212 g/mol. The third kappa shape index (κ3) is 3.65. The third-order valence-corrected chi connectivity index (χ3v) is 4.21. The highest BCUT2D eigenvalue weighted by molar-refractivity contribution is 4.89. The number of fused-ring (bicyclic) bond motifs is 1. The number of likely N-dealkylation sites (N-methyl/N-ethyl adjacent to an activating group) is 1. The third-order valence-electron chi connectivity index (χ3n) is 4.21. The van der Waals surface area contributed by atoms with Crippen LogP contribution in [0.15, 0.2) is 0 Å². The molecule has 0 aromatic heterocycles. The smallest absolute Gasteiger partial charge is 0.0264 e. The summed E-state index contributed by atoms with van der Waals surface area (Å²) in [4.78, 5) is 7.51. The zero-order chi connectivity index (χ0) is 12.3. The van der Waals surface area contributed by atoms with Gasteiger partial charge in [-0.2, -0.15) is 0 Å². The van der Waals surface area contributed by atoms with Gasteiger partial charge in [0.15, 0.2) is 0 Å². The standard InChI is InChI=1S/C13H28N4/c1-15(2)6-4-12-10-14-5-7-17-9-8-16(3)11-13(12)17/h12-14H,4-11H2,1-3H3. The molecule has 2 rings (SSSR count). The zero-order valence-corrected chi connectivity index (χ0v) is 11.7. The van der Waals surface area contributed by atoms with Crippen LogP contribution in [0.25, 0.3) is 0 Å². The maximum absolute atomic E-state index is 3.61. The van der Waals surface area contributed by atoms with E-state index in [1.807, 2.05) is 0 Å². The van der Waals surface area contributed by atoms with Gasteiger partial charge < -0.3 is 15.1 Å². The first-order valence-electron chi connectivity index (χ1n) is 6.95. The molecule has 100 valence electrons. The molecule has 0 radical (unpaired) electrons. The number of rotatable bonds is 3. The lowest BCUT2D eigenvalue weighted by Crippen LogP contribution is -2.55. The largest absolute Gasteiger partial charge is 0.315 e. The summed E-state index contributed by atoms with van der Waals surface area (Å²) in [6, 6.07) is 0.767. The monoisotopic (exact) mass is 240 g/mol. The van der Waals surface area contributed by atoms with Gasteiger partial charge in [-0.3, -0.25) is 4.90 Å². The van der Waals surface area contributed by atoms with Gasteiger partial charge in [0.05, 0.1) is 0 Å². The van der Waals surface area contributed by atoms with Crippen molar-refractivity contribution in [1.29, 1.82) is 0 Å². The Morgan fingerprint density at radius 1 is 1.24 bits per heavy atom. The predicted octanol–water partition coefficient (Wildman–Crippen LogP) is -0.226. The van der Waals surface area contributed by atoms with E-state index in [2.05, 4.69) is 41.2 Å². The second-order valence-corrected chi connectivity index (χ2v) is 5.92. The molecule has 0 aromatic rings. The van der Waals surface area contributed by atoms with E-state index < -0.39 is 0 Å². The highest BCUT2D eigenvalue weighted by atomic mass is 15.3. The van der Waals surface area contributed by atoms with Gasteiger partial charge in [-0.15, -0.1) is 0 Å². The van der Waals surface area contributed by atoms with Gasteiger partial charge >= 0.3 is 0 Å². The van der Waals surface area contributed by atoms with Crippen LogP contribution in [0.2, 0.25) is 0 Å². The lowest BCUT2D eigenvalue weighted by atomic mass is 9.93. The molecule has 2 aliphatic rings. The van der Waals surface area contributed by atoms with Crippen molar-refractivity contribution in [3.05, 3.63) is 0 Å². The molecule has 2 unspecified atom stereocenters. The van der Waals surface area contributed by atoms with Crippen LogP contribution in [0.4, 0.5) is 0 Å². The molecule has 2 heterocycles. The fraction of sp³-hybridized carbons (Fsp3) is 1.00. The van der Waals surface area contributed by atoms with Crippen molar-refractivity contribution in [3.8, 4) is 0 Å². The van der Waals surface area contributed by atoms with Crippen molar-refractivity contribution in [2.45, 2.75) is 12.5 Å². The first-order valence-corrected chi connectivity index (χ1v) is 6.95. The molecule has 2 atom stereocenters. The first-order chi connectivity index (χ1) is 8.16. The van der Waals surface area contributed by atoms with Crippen LogP contribution in [0, 0.1) is 5.92 Å². The molecule has 1 N–H and O–H groups in total. The Morgan fingerprint density at radius 2 is 2.06 bits per heavy atom. The average Bonchev–Trinajstić information content (AvgIpc) is 2.48. The van der Waals surface area contributed by atoms with Crippen LogP contribution in [-0.4, -0.2) is 87.7 Å². The molecule has 2 aliphatic heterocycles. The minimum absolute atomic E-state index is 0.767. The SMILES string of the molecule is CN(C)CCC1CNCCN2CCN(C)CC12. The summed E-state index contributed by atoms with van der Waals surface area (Å²) in [5.41, 5.74) is 0. The van der Waals surface area contributed by atoms with Crippen LogP contribution in [-0.2, 0) is 0 Å². The Hall–Kier alpha value is -0.160. The fourth-order valence-electron chi connectivity index (χ4n) is 3.08. The van der Waals surface area contributed by atoms with Gasteiger partial charge in [-0.05, 0) is 46.6 Å². The summed E-state index contributed by atoms with van der Waals surface area (Å²) in [5, 5.41) is 3.61. The Bertz CT molecular complexity index is 231. The molecule has 0 bridgehead atoms. The number of nitrogens with zero attached hydrogens (tertiary/aromatic N) is 3.